The standard InChI is InChI=1S/C13H16FN5O/c1-8(9-6-4-5-7-10(9)14)19(2)12-16-11(15)17-13(18-12)20-3/h4-8H,1-3H3,(H2,15,16,17,18). The number of rotatable bonds is 4. The zero-order valence-electron chi connectivity index (χ0n) is 11.5. The third-order valence-corrected chi connectivity index (χ3v) is 3.05. The second-order valence-electron chi connectivity index (χ2n) is 4.29. The Morgan fingerprint density at radius 3 is 2.60 bits per heavy atom. The molecule has 0 saturated heterocycles. The van der Waals surface area contributed by atoms with Crippen molar-refractivity contribution in [2.75, 3.05) is 24.8 Å². The number of ether oxygens (including phenoxy) is 1. The molecule has 0 aliphatic rings. The van der Waals surface area contributed by atoms with Gasteiger partial charge in [0.25, 0.3) is 0 Å². The lowest BCUT2D eigenvalue weighted by atomic mass is 10.1. The highest BCUT2D eigenvalue weighted by Gasteiger charge is 2.19. The summed E-state index contributed by atoms with van der Waals surface area (Å²) in [6.07, 6.45) is 0. The Morgan fingerprint density at radius 1 is 1.25 bits per heavy atom. The molecular formula is C13H16FN5O. The van der Waals surface area contributed by atoms with Gasteiger partial charge in [-0.15, -0.1) is 0 Å². The van der Waals surface area contributed by atoms with Crippen molar-refractivity contribution in [3.05, 3.63) is 35.6 Å². The normalized spacial score (nSPS) is 12.0. The van der Waals surface area contributed by atoms with Crippen LogP contribution in [-0.4, -0.2) is 29.1 Å². The molecule has 0 radical (unpaired) electrons. The molecule has 7 heteroatoms. The summed E-state index contributed by atoms with van der Waals surface area (Å²) in [5.74, 6) is 0.102. The van der Waals surface area contributed by atoms with E-state index in [0.717, 1.165) is 0 Å². The molecule has 0 aliphatic carbocycles. The Bertz CT molecular complexity index is 607. The Kier molecular flexibility index (Phi) is 3.97. The lowest BCUT2D eigenvalue weighted by molar-refractivity contribution is 0.378. The number of hydrogen-bond acceptors (Lipinski definition) is 6. The quantitative estimate of drug-likeness (QED) is 0.918. The van der Waals surface area contributed by atoms with E-state index >= 15 is 0 Å². The molecule has 106 valence electrons. The predicted molar refractivity (Wildman–Crippen MR) is 74.0 cm³/mol. The molecule has 1 aromatic carbocycles. The average molecular weight is 277 g/mol. The van der Waals surface area contributed by atoms with Crippen LogP contribution in [0.2, 0.25) is 0 Å². The lowest BCUT2D eigenvalue weighted by Crippen LogP contribution is -2.25. The molecule has 1 atom stereocenters. The van der Waals surface area contributed by atoms with Crippen LogP contribution >= 0.6 is 0 Å². The van der Waals surface area contributed by atoms with Crippen LogP contribution in [0.1, 0.15) is 18.5 Å². The fourth-order valence-corrected chi connectivity index (χ4v) is 1.81. The summed E-state index contributed by atoms with van der Waals surface area (Å²) in [6.45, 7) is 1.85. The molecule has 0 saturated carbocycles. The lowest BCUT2D eigenvalue weighted by Gasteiger charge is -2.25. The van der Waals surface area contributed by atoms with E-state index in [9.17, 15) is 4.39 Å². The maximum atomic E-state index is 13.8. The number of nitrogen functional groups attached to an aromatic ring is 1. The van der Waals surface area contributed by atoms with Crippen molar-refractivity contribution in [2.24, 2.45) is 0 Å². The molecule has 1 aromatic heterocycles. The van der Waals surface area contributed by atoms with Gasteiger partial charge in [-0.05, 0) is 13.0 Å². The van der Waals surface area contributed by atoms with E-state index in [2.05, 4.69) is 15.0 Å². The van der Waals surface area contributed by atoms with Crippen molar-refractivity contribution >= 4 is 11.9 Å². The molecule has 1 unspecified atom stereocenters. The Balaban J connectivity index is 2.33. The summed E-state index contributed by atoms with van der Waals surface area (Å²) >= 11 is 0. The summed E-state index contributed by atoms with van der Waals surface area (Å²) in [4.78, 5) is 13.7. The van der Waals surface area contributed by atoms with E-state index in [1.807, 2.05) is 6.92 Å². The van der Waals surface area contributed by atoms with Crippen LogP contribution in [0.3, 0.4) is 0 Å². The summed E-state index contributed by atoms with van der Waals surface area (Å²) in [7, 11) is 3.20. The minimum absolute atomic E-state index is 0.0550. The van der Waals surface area contributed by atoms with Gasteiger partial charge in [0, 0.05) is 12.6 Å². The van der Waals surface area contributed by atoms with Crippen molar-refractivity contribution in [1.82, 2.24) is 15.0 Å². The van der Waals surface area contributed by atoms with E-state index in [0.29, 0.717) is 11.5 Å². The number of nitrogens with two attached hydrogens (primary N) is 1. The second kappa shape index (κ2) is 5.68. The van der Waals surface area contributed by atoms with Crippen molar-refractivity contribution in [3.63, 3.8) is 0 Å². The molecule has 0 spiro atoms. The maximum absolute atomic E-state index is 13.8. The van der Waals surface area contributed by atoms with Crippen molar-refractivity contribution in [1.29, 1.82) is 0 Å². The van der Waals surface area contributed by atoms with Crippen LogP contribution in [0.15, 0.2) is 24.3 Å². The fraction of sp³-hybridized carbons (Fsp3) is 0.308. The van der Waals surface area contributed by atoms with Gasteiger partial charge in [-0.3, -0.25) is 0 Å². The summed E-state index contributed by atoms with van der Waals surface area (Å²) in [5.41, 5.74) is 6.15. The largest absolute Gasteiger partial charge is 0.467 e. The molecule has 2 aromatic rings. The molecule has 0 amide bonds. The minimum Gasteiger partial charge on any atom is -0.467 e. The number of methoxy groups -OCH3 is 1. The van der Waals surface area contributed by atoms with E-state index in [-0.39, 0.29) is 23.8 Å². The molecule has 20 heavy (non-hydrogen) atoms. The number of anilines is 2. The van der Waals surface area contributed by atoms with Gasteiger partial charge in [0.2, 0.25) is 11.9 Å². The third kappa shape index (κ3) is 2.76. The topological polar surface area (TPSA) is 77.2 Å². The summed E-state index contributed by atoms with van der Waals surface area (Å²) < 4.78 is 18.8. The minimum atomic E-state index is -0.277. The Hall–Kier alpha value is -2.44. The molecule has 2 rings (SSSR count). The van der Waals surface area contributed by atoms with Gasteiger partial charge in [0.05, 0.1) is 13.2 Å². The Labute approximate surface area is 116 Å². The first kappa shape index (κ1) is 14.0. The van der Waals surface area contributed by atoms with Crippen LogP contribution in [0, 0.1) is 5.82 Å². The van der Waals surface area contributed by atoms with Gasteiger partial charge in [-0.1, -0.05) is 18.2 Å². The number of benzene rings is 1. The molecule has 2 N–H and O–H groups in total. The first-order chi connectivity index (χ1) is 9.52. The smallest absolute Gasteiger partial charge is 0.322 e. The van der Waals surface area contributed by atoms with Gasteiger partial charge in [0.1, 0.15) is 5.82 Å². The van der Waals surface area contributed by atoms with E-state index < -0.39 is 0 Å². The van der Waals surface area contributed by atoms with E-state index in [1.165, 1.54) is 13.2 Å². The van der Waals surface area contributed by atoms with Gasteiger partial charge >= 0.3 is 6.01 Å². The molecule has 1 heterocycles. The number of nitrogens with zero attached hydrogens (tertiary/aromatic N) is 4. The van der Waals surface area contributed by atoms with Crippen LogP contribution in [-0.2, 0) is 0 Å². The van der Waals surface area contributed by atoms with Gasteiger partial charge < -0.3 is 15.4 Å². The molecule has 0 aliphatic heterocycles. The SMILES string of the molecule is COc1nc(N)nc(N(C)C(C)c2ccccc2F)n1. The van der Waals surface area contributed by atoms with Crippen molar-refractivity contribution in [2.45, 2.75) is 13.0 Å². The number of hydrogen-bond donors (Lipinski definition) is 1. The highest BCUT2D eigenvalue weighted by molar-refractivity contribution is 5.39. The zero-order chi connectivity index (χ0) is 14.7. The fourth-order valence-electron chi connectivity index (χ4n) is 1.81. The van der Waals surface area contributed by atoms with Crippen LogP contribution in [0.5, 0.6) is 6.01 Å². The summed E-state index contributed by atoms with van der Waals surface area (Å²) in [5, 5.41) is 0. The summed E-state index contributed by atoms with van der Waals surface area (Å²) in [6, 6.07) is 6.43. The number of aromatic nitrogens is 3. The average Bonchev–Trinajstić information content (AvgIpc) is 2.45. The van der Waals surface area contributed by atoms with Crippen LogP contribution in [0.25, 0.3) is 0 Å². The molecule has 0 bridgehead atoms. The van der Waals surface area contributed by atoms with Gasteiger partial charge in [-0.25, -0.2) is 4.39 Å². The second-order valence-corrected chi connectivity index (χ2v) is 4.29. The van der Waals surface area contributed by atoms with Crippen molar-refractivity contribution in [3.8, 4) is 6.01 Å². The molecular weight excluding hydrogens is 261 g/mol. The monoisotopic (exact) mass is 277 g/mol. The first-order valence-electron chi connectivity index (χ1n) is 6.05. The first-order valence-corrected chi connectivity index (χ1v) is 6.05. The van der Waals surface area contributed by atoms with E-state index in [4.69, 9.17) is 10.5 Å². The highest BCUT2D eigenvalue weighted by Crippen LogP contribution is 2.25. The van der Waals surface area contributed by atoms with Crippen LogP contribution in [0.4, 0.5) is 16.3 Å². The predicted octanol–water partition coefficient (Wildman–Crippen LogP) is 1.80. The number of halogens is 1. The zero-order valence-corrected chi connectivity index (χ0v) is 11.5. The van der Waals surface area contributed by atoms with Crippen molar-refractivity contribution < 1.29 is 9.13 Å². The Morgan fingerprint density at radius 2 is 1.95 bits per heavy atom. The van der Waals surface area contributed by atoms with Gasteiger partial charge in [-0.2, -0.15) is 15.0 Å². The maximum Gasteiger partial charge on any atom is 0.322 e. The molecule has 6 nitrogen and oxygen atoms in total. The van der Waals surface area contributed by atoms with E-state index in [1.54, 1.807) is 30.1 Å². The van der Waals surface area contributed by atoms with Gasteiger partial charge in [0.15, 0.2) is 0 Å². The molecule has 0 fully saturated rings. The third-order valence-electron chi connectivity index (χ3n) is 3.05. The highest BCUT2D eigenvalue weighted by atomic mass is 19.1. The van der Waals surface area contributed by atoms with Crippen LogP contribution < -0.4 is 15.4 Å².